The Morgan fingerprint density at radius 3 is 2.58 bits per heavy atom. The third kappa shape index (κ3) is 5.10. The first-order chi connectivity index (χ1) is 11.8. The molecule has 0 aliphatic carbocycles. The van der Waals surface area contributed by atoms with Crippen LogP contribution < -0.4 is 10.1 Å². The van der Waals surface area contributed by atoms with Crippen molar-refractivity contribution in [2.75, 3.05) is 13.1 Å². The largest absolute Gasteiger partial charge is 0.489 e. The van der Waals surface area contributed by atoms with Gasteiger partial charge in [0.25, 0.3) is 0 Å². The van der Waals surface area contributed by atoms with E-state index in [2.05, 4.69) is 34.6 Å². The molecule has 4 nitrogen and oxygen atoms in total. The molecule has 24 heavy (non-hydrogen) atoms. The first kappa shape index (κ1) is 16.5. The first-order valence-corrected chi connectivity index (χ1v) is 8.46. The third-order valence-electron chi connectivity index (χ3n) is 3.88. The SMILES string of the molecule is CC1CN=C(CCNCc2ccc(OCc3ccccc3)cc2)O1. The minimum Gasteiger partial charge on any atom is -0.489 e. The van der Waals surface area contributed by atoms with Gasteiger partial charge in [-0.2, -0.15) is 0 Å². The Morgan fingerprint density at radius 2 is 1.88 bits per heavy atom. The van der Waals surface area contributed by atoms with Crippen LogP contribution in [0.2, 0.25) is 0 Å². The van der Waals surface area contributed by atoms with Gasteiger partial charge < -0.3 is 14.8 Å². The average molecular weight is 324 g/mol. The number of benzene rings is 2. The number of rotatable bonds is 8. The van der Waals surface area contributed by atoms with Gasteiger partial charge in [-0.1, -0.05) is 42.5 Å². The molecule has 0 spiro atoms. The van der Waals surface area contributed by atoms with Crippen molar-refractivity contribution in [2.45, 2.75) is 32.6 Å². The van der Waals surface area contributed by atoms with Crippen LogP contribution in [0.1, 0.15) is 24.5 Å². The molecule has 1 aliphatic heterocycles. The van der Waals surface area contributed by atoms with Gasteiger partial charge in [0.2, 0.25) is 0 Å². The van der Waals surface area contributed by atoms with Gasteiger partial charge in [-0.05, 0) is 30.2 Å². The molecule has 3 rings (SSSR count). The molecular formula is C20H24N2O2. The quantitative estimate of drug-likeness (QED) is 0.755. The highest BCUT2D eigenvalue weighted by Crippen LogP contribution is 2.14. The monoisotopic (exact) mass is 324 g/mol. The number of aliphatic imine (C=N–C) groups is 1. The number of nitrogens with zero attached hydrogens (tertiary/aromatic N) is 1. The Balaban J connectivity index is 1.37. The lowest BCUT2D eigenvalue weighted by atomic mass is 10.2. The topological polar surface area (TPSA) is 42.9 Å². The minimum atomic E-state index is 0.239. The van der Waals surface area contributed by atoms with Crippen molar-refractivity contribution >= 4 is 5.90 Å². The summed E-state index contributed by atoms with van der Waals surface area (Å²) in [4.78, 5) is 4.36. The van der Waals surface area contributed by atoms with E-state index in [1.807, 2.05) is 37.3 Å². The van der Waals surface area contributed by atoms with E-state index < -0.39 is 0 Å². The average Bonchev–Trinajstić information content (AvgIpc) is 3.04. The summed E-state index contributed by atoms with van der Waals surface area (Å²) in [6.45, 7) is 5.14. The Morgan fingerprint density at radius 1 is 1.08 bits per heavy atom. The van der Waals surface area contributed by atoms with Crippen molar-refractivity contribution in [1.29, 1.82) is 0 Å². The molecule has 4 heteroatoms. The summed E-state index contributed by atoms with van der Waals surface area (Å²) in [7, 11) is 0. The fraction of sp³-hybridized carbons (Fsp3) is 0.350. The molecule has 2 aromatic rings. The molecule has 126 valence electrons. The lowest BCUT2D eigenvalue weighted by Gasteiger charge is -2.09. The van der Waals surface area contributed by atoms with Crippen LogP contribution >= 0.6 is 0 Å². The summed E-state index contributed by atoms with van der Waals surface area (Å²) in [6.07, 6.45) is 1.09. The molecule has 0 amide bonds. The van der Waals surface area contributed by atoms with Crippen LogP contribution in [-0.4, -0.2) is 25.1 Å². The molecule has 0 saturated carbocycles. The van der Waals surface area contributed by atoms with E-state index >= 15 is 0 Å². The van der Waals surface area contributed by atoms with E-state index in [1.54, 1.807) is 0 Å². The van der Waals surface area contributed by atoms with E-state index in [-0.39, 0.29) is 6.10 Å². The first-order valence-electron chi connectivity index (χ1n) is 8.46. The second kappa shape index (κ2) is 8.50. The van der Waals surface area contributed by atoms with Gasteiger partial charge in [0.15, 0.2) is 5.90 Å². The van der Waals surface area contributed by atoms with E-state index in [0.717, 1.165) is 37.7 Å². The third-order valence-corrected chi connectivity index (χ3v) is 3.88. The molecule has 1 aliphatic rings. The fourth-order valence-electron chi connectivity index (χ4n) is 2.55. The van der Waals surface area contributed by atoms with E-state index in [9.17, 15) is 0 Å². The molecule has 0 saturated heterocycles. The fourth-order valence-corrected chi connectivity index (χ4v) is 2.55. The summed E-state index contributed by atoms with van der Waals surface area (Å²) < 4.78 is 11.4. The molecule has 1 heterocycles. The molecule has 2 aromatic carbocycles. The number of ether oxygens (including phenoxy) is 2. The molecule has 1 atom stereocenters. The minimum absolute atomic E-state index is 0.239. The Bertz CT molecular complexity index is 653. The predicted molar refractivity (Wildman–Crippen MR) is 96.4 cm³/mol. The van der Waals surface area contributed by atoms with Crippen LogP contribution in [0.3, 0.4) is 0 Å². The van der Waals surface area contributed by atoms with Crippen LogP contribution in [0.15, 0.2) is 59.6 Å². The van der Waals surface area contributed by atoms with Crippen molar-refractivity contribution < 1.29 is 9.47 Å². The normalized spacial score (nSPS) is 16.5. The van der Waals surface area contributed by atoms with Crippen LogP contribution in [-0.2, 0) is 17.9 Å². The second-order valence-corrected chi connectivity index (χ2v) is 6.01. The highest BCUT2D eigenvalue weighted by atomic mass is 16.5. The van der Waals surface area contributed by atoms with Gasteiger partial charge >= 0.3 is 0 Å². The Kier molecular flexibility index (Phi) is 5.85. The van der Waals surface area contributed by atoms with Gasteiger partial charge in [0.1, 0.15) is 18.5 Å². The molecule has 0 radical (unpaired) electrons. The number of hydrogen-bond acceptors (Lipinski definition) is 4. The lowest BCUT2D eigenvalue weighted by molar-refractivity contribution is 0.239. The maximum absolute atomic E-state index is 5.80. The van der Waals surface area contributed by atoms with E-state index in [0.29, 0.717) is 6.61 Å². The van der Waals surface area contributed by atoms with Crippen LogP contribution in [0.5, 0.6) is 5.75 Å². The molecular weight excluding hydrogens is 300 g/mol. The summed E-state index contributed by atoms with van der Waals surface area (Å²) in [5.74, 6) is 1.77. The number of nitrogens with one attached hydrogen (secondary N) is 1. The lowest BCUT2D eigenvalue weighted by Crippen LogP contribution is -2.18. The van der Waals surface area contributed by atoms with Crippen LogP contribution in [0.4, 0.5) is 0 Å². The van der Waals surface area contributed by atoms with Gasteiger partial charge in [0.05, 0.1) is 6.54 Å². The van der Waals surface area contributed by atoms with Crippen LogP contribution in [0, 0.1) is 0 Å². The second-order valence-electron chi connectivity index (χ2n) is 6.01. The molecule has 0 fully saturated rings. The predicted octanol–water partition coefficient (Wildman–Crippen LogP) is 3.56. The Labute approximate surface area is 143 Å². The van der Waals surface area contributed by atoms with Gasteiger partial charge in [-0.3, -0.25) is 4.99 Å². The molecule has 0 bridgehead atoms. The van der Waals surface area contributed by atoms with Gasteiger partial charge in [-0.15, -0.1) is 0 Å². The maximum Gasteiger partial charge on any atom is 0.184 e. The van der Waals surface area contributed by atoms with Crippen molar-refractivity contribution in [2.24, 2.45) is 4.99 Å². The molecule has 1 unspecified atom stereocenters. The summed E-state index contributed by atoms with van der Waals surface area (Å²) in [5.41, 5.74) is 2.42. The van der Waals surface area contributed by atoms with Gasteiger partial charge in [0, 0.05) is 19.5 Å². The standard InChI is InChI=1S/C20H24N2O2/c1-16-13-22-20(24-16)11-12-21-14-17-7-9-19(10-8-17)23-15-18-5-3-2-4-6-18/h2-10,16,21H,11-15H2,1H3. The summed E-state index contributed by atoms with van der Waals surface area (Å²) in [5, 5.41) is 3.42. The van der Waals surface area contributed by atoms with Crippen molar-refractivity contribution in [3.63, 3.8) is 0 Å². The van der Waals surface area contributed by atoms with E-state index in [4.69, 9.17) is 9.47 Å². The summed E-state index contributed by atoms with van der Waals surface area (Å²) in [6, 6.07) is 18.4. The maximum atomic E-state index is 5.80. The van der Waals surface area contributed by atoms with E-state index in [1.165, 1.54) is 11.1 Å². The Hall–Kier alpha value is -2.33. The molecule has 1 N–H and O–H groups in total. The van der Waals surface area contributed by atoms with Gasteiger partial charge in [-0.25, -0.2) is 0 Å². The highest BCUT2D eigenvalue weighted by molar-refractivity contribution is 5.77. The van der Waals surface area contributed by atoms with Crippen molar-refractivity contribution in [1.82, 2.24) is 5.32 Å². The van der Waals surface area contributed by atoms with Crippen molar-refractivity contribution in [3.05, 3.63) is 65.7 Å². The smallest absolute Gasteiger partial charge is 0.184 e. The van der Waals surface area contributed by atoms with Crippen molar-refractivity contribution in [3.8, 4) is 5.75 Å². The zero-order valence-corrected chi connectivity index (χ0v) is 14.1. The summed E-state index contributed by atoms with van der Waals surface area (Å²) >= 11 is 0. The highest BCUT2D eigenvalue weighted by Gasteiger charge is 2.13. The van der Waals surface area contributed by atoms with Crippen LogP contribution in [0.25, 0.3) is 0 Å². The zero-order chi connectivity index (χ0) is 16.6. The molecule has 0 aromatic heterocycles. The zero-order valence-electron chi connectivity index (χ0n) is 14.1. The number of hydrogen-bond donors (Lipinski definition) is 1.